The van der Waals surface area contributed by atoms with Crippen molar-refractivity contribution >= 4 is 5.91 Å². The summed E-state index contributed by atoms with van der Waals surface area (Å²) in [5.41, 5.74) is 6.43. The van der Waals surface area contributed by atoms with E-state index in [9.17, 15) is 4.79 Å². The minimum absolute atomic E-state index is 0.0267. The van der Waals surface area contributed by atoms with E-state index in [2.05, 4.69) is 5.32 Å². The van der Waals surface area contributed by atoms with Crippen LogP contribution in [-0.2, 0) is 4.79 Å². The Bertz CT molecular complexity index is 393. The van der Waals surface area contributed by atoms with Crippen molar-refractivity contribution in [3.8, 4) is 5.75 Å². The Morgan fingerprint density at radius 1 is 1.39 bits per heavy atom. The number of nitrogens with two attached hydrogens (primary N) is 1. The van der Waals surface area contributed by atoms with Gasteiger partial charge in [0.05, 0.1) is 13.2 Å². The Hall–Kier alpha value is -1.55. The van der Waals surface area contributed by atoms with E-state index in [0.29, 0.717) is 13.0 Å². The Balaban J connectivity index is 2.70. The molecule has 1 aromatic rings. The van der Waals surface area contributed by atoms with Crippen LogP contribution in [0, 0.1) is 5.92 Å². The van der Waals surface area contributed by atoms with Gasteiger partial charge in [0.25, 0.3) is 0 Å². The Morgan fingerprint density at radius 3 is 2.67 bits per heavy atom. The van der Waals surface area contributed by atoms with Crippen LogP contribution >= 0.6 is 0 Å². The second-order valence-electron chi connectivity index (χ2n) is 4.45. The third kappa shape index (κ3) is 3.74. The lowest BCUT2D eigenvalue weighted by Crippen LogP contribution is -2.32. The summed E-state index contributed by atoms with van der Waals surface area (Å²) in [7, 11) is 1.63. The molecule has 0 spiro atoms. The fraction of sp³-hybridized carbons (Fsp3) is 0.500. The smallest absolute Gasteiger partial charge is 0.223 e. The number of hydrogen-bond acceptors (Lipinski definition) is 3. The largest absolute Gasteiger partial charge is 0.496 e. The Morgan fingerprint density at radius 2 is 2.06 bits per heavy atom. The topological polar surface area (TPSA) is 64.3 Å². The van der Waals surface area contributed by atoms with Crippen LogP contribution in [0.4, 0.5) is 0 Å². The molecule has 0 aliphatic carbocycles. The molecule has 0 aliphatic rings. The third-order valence-electron chi connectivity index (χ3n) is 3.01. The van der Waals surface area contributed by atoms with E-state index in [1.165, 1.54) is 0 Å². The van der Waals surface area contributed by atoms with Gasteiger partial charge in [-0.25, -0.2) is 0 Å². The minimum atomic E-state index is -0.0751. The monoisotopic (exact) mass is 250 g/mol. The highest BCUT2D eigenvalue weighted by Crippen LogP contribution is 2.24. The fourth-order valence-corrected chi connectivity index (χ4v) is 1.84. The van der Waals surface area contributed by atoms with Gasteiger partial charge >= 0.3 is 0 Å². The highest BCUT2D eigenvalue weighted by Gasteiger charge is 2.17. The molecule has 4 nitrogen and oxygen atoms in total. The highest BCUT2D eigenvalue weighted by atomic mass is 16.5. The van der Waals surface area contributed by atoms with E-state index in [1.54, 1.807) is 7.11 Å². The lowest BCUT2D eigenvalue weighted by Gasteiger charge is -2.19. The SMILES string of the molecule is COc1ccccc1[C@@H](C)NC(=O)C(C)CCN. The molecule has 1 unspecified atom stereocenters. The molecule has 0 saturated heterocycles. The first-order valence-electron chi connectivity index (χ1n) is 6.23. The summed E-state index contributed by atoms with van der Waals surface area (Å²) in [5, 5.41) is 2.98. The first-order chi connectivity index (χ1) is 8.60. The summed E-state index contributed by atoms with van der Waals surface area (Å²) in [5.74, 6) is 0.753. The van der Waals surface area contributed by atoms with Crippen LogP contribution in [0.25, 0.3) is 0 Å². The predicted octanol–water partition coefficient (Wildman–Crippen LogP) is 1.86. The van der Waals surface area contributed by atoms with Gasteiger partial charge in [0.2, 0.25) is 5.91 Å². The van der Waals surface area contributed by atoms with Crippen LogP contribution in [0.1, 0.15) is 31.9 Å². The van der Waals surface area contributed by atoms with E-state index in [1.807, 2.05) is 38.1 Å². The van der Waals surface area contributed by atoms with Crippen molar-refractivity contribution in [3.05, 3.63) is 29.8 Å². The summed E-state index contributed by atoms with van der Waals surface area (Å²) in [6.45, 7) is 4.36. The molecule has 0 aromatic heterocycles. The Kier molecular flexibility index (Phi) is 5.65. The van der Waals surface area contributed by atoms with Crippen LogP contribution in [0.15, 0.2) is 24.3 Å². The van der Waals surface area contributed by atoms with Crippen molar-refractivity contribution in [3.63, 3.8) is 0 Å². The number of amides is 1. The zero-order valence-corrected chi connectivity index (χ0v) is 11.3. The molecular weight excluding hydrogens is 228 g/mol. The number of benzene rings is 1. The number of ether oxygens (including phenoxy) is 1. The van der Waals surface area contributed by atoms with E-state index in [4.69, 9.17) is 10.5 Å². The van der Waals surface area contributed by atoms with E-state index >= 15 is 0 Å². The molecule has 1 rings (SSSR count). The van der Waals surface area contributed by atoms with Gasteiger partial charge < -0.3 is 15.8 Å². The fourth-order valence-electron chi connectivity index (χ4n) is 1.84. The summed E-state index contributed by atoms with van der Waals surface area (Å²) in [6.07, 6.45) is 0.699. The standard InChI is InChI=1S/C14H22N2O2/c1-10(8-9-15)14(17)16-11(2)12-6-4-5-7-13(12)18-3/h4-7,10-11H,8-9,15H2,1-3H3,(H,16,17)/t10?,11-/m1/s1. The zero-order chi connectivity index (χ0) is 13.5. The van der Waals surface area contributed by atoms with Gasteiger partial charge in [0, 0.05) is 11.5 Å². The van der Waals surface area contributed by atoms with Crippen molar-refractivity contribution in [1.29, 1.82) is 0 Å². The number of nitrogens with one attached hydrogen (secondary N) is 1. The molecule has 0 saturated carbocycles. The van der Waals surface area contributed by atoms with Gasteiger partial charge in [-0.2, -0.15) is 0 Å². The molecule has 100 valence electrons. The molecule has 4 heteroatoms. The molecule has 0 fully saturated rings. The van der Waals surface area contributed by atoms with Crippen molar-refractivity contribution in [2.75, 3.05) is 13.7 Å². The molecule has 0 aliphatic heterocycles. The van der Waals surface area contributed by atoms with Crippen LogP contribution < -0.4 is 15.8 Å². The molecular formula is C14H22N2O2. The maximum Gasteiger partial charge on any atom is 0.223 e. The first kappa shape index (κ1) is 14.5. The molecule has 2 atom stereocenters. The summed E-state index contributed by atoms with van der Waals surface area (Å²) in [6, 6.07) is 7.62. The Labute approximate surface area is 109 Å². The maximum atomic E-state index is 11.9. The van der Waals surface area contributed by atoms with Gasteiger partial charge in [0.15, 0.2) is 0 Å². The third-order valence-corrected chi connectivity index (χ3v) is 3.01. The highest BCUT2D eigenvalue weighted by molar-refractivity contribution is 5.78. The van der Waals surface area contributed by atoms with Crippen molar-refractivity contribution in [2.24, 2.45) is 11.7 Å². The number of rotatable bonds is 6. The molecule has 1 aromatic carbocycles. The number of carbonyl (C=O) groups excluding carboxylic acids is 1. The van der Waals surface area contributed by atoms with E-state index < -0.39 is 0 Å². The summed E-state index contributed by atoms with van der Waals surface area (Å²) < 4.78 is 5.28. The summed E-state index contributed by atoms with van der Waals surface area (Å²) in [4.78, 5) is 11.9. The minimum Gasteiger partial charge on any atom is -0.496 e. The first-order valence-corrected chi connectivity index (χ1v) is 6.23. The lowest BCUT2D eigenvalue weighted by molar-refractivity contribution is -0.125. The quantitative estimate of drug-likeness (QED) is 0.810. The average Bonchev–Trinajstić information content (AvgIpc) is 2.38. The average molecular weight is 250 g/mol. The van der Waals surface area contributed by atoms with Gasteiger partial charge in [-0.05, 0) is 26.0 Å². The van der Waals surface area contributed by atoms with Crippen LogP contribution in [-0.4, -0.2) is 19.6 Å². The maximum absolute atomic E-state index is 11.9. The normalized spacial score (nSPS) is 13.8. The predicted molar refractivity (Wildman–Crippen MR) is 72.4 cm³/mol. The summed E-state index contributed by atoms with van der Waals surface area (Å²) >= 11 is 0. The van der Waals surface area contributed by atoms with Crippen LogP contribution in [0.5, 0.6) is 5.75 Å². The van der Waals surface area contributed by atoms with Crippen molar-refractivity contribution in [1.82, 2.24) is 5.32 Å². The molecule has 1 amide bonds. The van der Waals surface area contributed by atoms with Gasteiger partial charge in [-0.1, -0.05) is 25.1 Å². The number of para-hydroxylation sites is 1. The number of carbonyl (C=O) groups is 1. The second kappa shape index (κ2) is 7.01. The molecule has 3 N–H and O–H groups in total. The zero-order valence-electron chi connectivity index (χ0n) is 11.3. The van der Waals surface area contributed by atoms with E-state index in [0.717, 1.165) is 11.3 Å². The number of methoxy groups -OCH3 is 1. The molecule has 0 heterocycles. The number of hydrogen-bond donors (Lipinski definition) is 2. The van der Waals surface area contributed by atoms with E-state index in [-0.39, 0.29) is 17.9 Å². The second-order valence-corrected chi connectivity index (χ2v) is 4.45. The molecule has 0 bridgehead atoms. The van der Waals surface area contributed by atoms with Crippen molar-refractivity contribution in [2.45, 2.75) is 26.3 Å². The molecule has 0 radical (unpaired) electrons. The van der Waals surface area contributed by atoms with Gasteiger partial charge in [0.1, 0.15) is 5.75 Å². The van der Waals surface area contributed by atoms with Crippen molar-refractivity contribution < 1.29 is 9.53 Å². The van der Waals surface area contributed by atoms with Gasteiger partial charge in [-0.15, -0.1) is 0 Å². The lowest BCUT2D eigenvalue weighted by atomic mass is 10.0. The van der Waals surface area contributed by atoms with Crippen LogP contribution in [0.2, 0.25) is 0 Å². The van der Waals surface area contributed by atoms with Gasteiger partial charge in [-0.3, -0.25) is 4.79 Å². The molecule has 18 heavy (non-hydrogen) atoms. The van der Waals surface area contributed by atoms with Crippen LogP contribution in [0.3, 0.4) is 0 Å².